The van der Waals surface area contributed by atoms with E-state index in [-0.39, 0.29) is 0 Å². The molecular weight excluding hydrogens is 358 g/mol. The molecule has 0 unspecified atom stereocenters. The molecular formula is C17H16BrN3O2. The molecule has 0 aliphatic carbocycles. The number of nitrogens with zero attached hydrogens (tertiary/aromatic N) is 2. The van der Waals surface area contributed by atoms with Gasteiger partial charge in [-0.1, -0.05) is 6.07 Å². The zero-order valence-corrected chi connectivity index (χ0v) is 14.6. The van der Waals surface area contributed by atoms with Crippen molar-refractivity contribution in [2.45, 2.75) is 6.92 Å². The van der Waals surface area contributed by atoms with Crippen LogP contribution in [0.3, 0.4) is 0 Å². The van der Waals surface area contributed by atoms with Crippen LogP contribution in [0.2, 0.25) is 0 Å². The highest BCUT2D eigenvalue weighted by atomic mass is 79.9. The summed E-state index contributed by atoms with van der Waals surface area (Å²) in [5, 5.41) is 4.27. The van der Waals surface area contributed by atoms with Gasteiger partial charge in [-0.3, -0.25) is 0 Å². The van der Waals surface area contributed by atoms with Crippen LogP contribution in [0.4, 0.5) is 11.5 Å². The van der Waals surface area contributed by atoms with E-state index in [9.17, 15) is 0 Å². The van der Waals surface area contributed by atoms with Crippen LogP contribution in [0, 0.1) is 6.92 Å². The van der Waals surface area contributed by atoms with Crippen molar-refractivity contribution < 1.29 is 9.47 Å². The third-order valence-corrected chi connectivity index (χ3v) is 4.29. The molecule has 1 N–H and O–H groups in total. The lowest BCUT2D eigenvalue weighted by Gasteiger charge is -2.14. The van der Waals surface area contributed by atoms with Gasteiger partial charge in [0.15, 0.2) is 0 Å². The first kappa shape index (κ1) is 15.6. The topological polar surface area (TPSA) is 56.3 Å². The fraction of sp³-hybridized carbons (Fsp3) is 0.176. The van der Waals surface area contributed by atoms with Crippen molar-refractivity contribution in [1.82, 2.24) is 9.97 Å². The van der Waals surface area contributed by atoms with Gasteiger partial charge in [-0.15, -0.1) is 0 Å². The maximum atomic E-state index is 5.36. The van der Waals surface area contributed by atoms with E-state index in [0.717, 1.165) is 43.9 Å². The Balaban J connectivity index is 2.09. The van der Waals surface area contributed by atoms with Gasteiger partial charge in [0.25, 0.3) is 0 Å². The van der Waals surface area contributed by atoms with Crippen LogP contribution in [0.15, 0.2) is 41.1 Å². The minimum atomic E-state index is 0.731. The van der Waals surface area contributed by atoms with Crippen LogP contribution >= 0.6 is 15.9 Å². The SMILES string of the molecule is COc1cc2ncnc(Nc3cccc(OC)c3C)c2cc1Br. The van der Waals surface area contributed by atoms with Gasteiger partial charge in [-0.05, 0) is 41.1 Å². The van der Waals surface area contributed by atoms with Crippen LogP contribution in [0.1, 0.15) is 5.56 Å². The molecule has 2 aromatic carbocycles. The number of hydrogen-bond donors (Lipinski definition) is 1. The quantitative estimate of drug-likeness (QED) is 0.731. The molecule has 0 radical (unpaired) electrons. The summed E-state index contributed by atoms with van der Waals surface area (Å²) < 4.78 is 11.5. The Bertz CT molecular complexity index is 868. The third kappa shape index (κ3) is 2.94. The van der Waals surface area contributed by atoms with Crippen LogP contribution in [0.5, 0.6) is 11.5 Å². The number of ether oxygens (including phenoxy) is 2. The van der Waals surface area contributed by atoms with E-state index < -0.39 is 0 Å². The zero-order valence-electron chi connectivity index (χ0n) is 13.1. The number of halogens is 1. The lowest BCUT2D eigenvalue weighted by Crippen LogP contribution is -1.99. The first-order chi connectivity index (χ1) is 11.1. The van der Waals surface area contributed by atoms with E-state index in [2.05, 4.69) is 31.2 Å². The van der Waals surface area contributed by atoms with Crippen LogP contribution in [-0.2, 0) is 0 Å². The number of fused-ring (bicyclic) bond motifs is 1. The first-order valence-electron chi connectivity index (χ1n) is 7.03. The molecule has 0 aliphatic rings. The average Bonchev–Trinajstić information content (AvgIpc) is 2.56. The maximum absolute atomic E-state index is 5.36. The molecule has 0 amide bonds. The molecule has 0 spiro atoms. The summed E-state index contributed by atoms with van der Waals surface area (Å²) in [5.74, 6) is 2.30. The molecule has 0 aliphatic heterocycles. The van der Waals surface area contributed by atoms with E-state index in [0.29, 0.717) is 0 Å². The second-order valence-electron chi connectivity index (χ2n) is 4.98. The Morgan fingerprint density at radius 1 is 1.04 bits per heavy atom. The lowest BCUT2D eigenvalue weighted by atomic mass is 10.1. The summed E-state index contributed by atoms with van der Waals surface area (Å²) in [5.41, 5.74) is 2.77. The monoisotopic (exact) mass is 373 g/mol. The molecule has 0 saturated heterocycles. The van der Waals surface area contributed by atoms with Crippen molar-refractivity contribution in [3.8, 4) is 11.5 Å². The van der Waals surface area contributed by atoms with Crippen molar-refractivity contribution in [2.24, 2.45) is 0 Å². The zero-order chi connectivity index (χ0) is 16.4. The molecule has 6 heteroatoms. The van der Waals surface area contributed by atoms with E-state index in [4.69, 9.17) is 9.47 Å². The van der Waals surface area contributed by atoms with Gasteiger partial charge in [0.1, 0.15) is 23.6 Å². The summed E-state index contributed by atoms with van der Waals surface area (Å²) in [6, 6.07) is 9.69. The van der Waals surface area contributed by atoms with Gasteiger partial charge in [0, 0.05) is 22.7 Å². The van der Waals surface area contributed by atoms with Gasteiger partial charge < -0.3 is 14.8 Å². The Kier molecular flexibility index (Phi) is 4.34. The average molecular weight is 374 g/mol. The van der Waals surface area contributed by atoms with Gasteiger partial charge in [-0.2, -0.15) is 0 Å². The molecule has 3 rings (SSSR count). The summed E-state index contributed by atoms with van der Waals surface area (Å²) in [7, 11) is 3.29. The van der Waals surface area contributed by atoms with Crippen molar-refractivity contribution in [3.63, 3.8) is 0 Å². The molecule has 3 aromatic rings. The summed E-state index contributed by atoms with van der Waals surface area (Å²) >= 11 is 3.51. The first-order valence-corrected chi connectivity index (χ1v) is 7.82. The summed E-state index contributed by atoms with van der Waals surface area (Å²) in [4.78, 5) is 8.68. The van der Waals surface area contributed by atoms with E-state index >= 15 is 0 Å². The molecule has 118 valence electrons. The predicted octanol–water partition coefficient (Wildman–Crippen LogP) is 4.46. The smallest absolute Gasteiger partial charge is 0.141 e. The van der Waals surface area contributed by atoms with Crippen LogP contribution < -0.4 is 14.8 Å². The van der Waals surface area contributed by atoms with Gasteiger partial charge in [0.05, 0.1) is 24.2 Å². The van der Waals surface area contributed by atoms with Crippen molar-refractivity contribution in [3.05, 3.63) is 46.7 Å². The number of methoxy groups -OCH3 is 2. The molecule has 23 heavy (non-hydrogen) atoms. The van der Waals surface area contributed by atoms with Gasteiger partial charge in [0.2, 0.25) is 0 Å². The Labute approximate surface area is 142 Å². The fourth-order valence-corrected chi connectivity index (χ4v) is 2.92. The predicted molar refractivity (Wildman–Crippen MR) is 94.8 cm³/mol. The number of rotatable bonds is 4. The normalized spacial score (nSPS) is 10.6. The molecule has 5 nitrogen and oxygen atoms in total. The molecule has 0 fully saturated rings. The molecule has 0 bridgehead atoms. The van der Waals surface area contributed by atoms with E-state index in [1.807, 2.05) is 37.3 Å². The number of aromatic nitrogens is 2. The van der Waals surface area contributed by atoms with E-state index in [1.165, 1.54) is 6.33 Å². The highest BCUT2D eigenvalue weighted by Crippen LogP contribution is 2.34. The largest absolute Gasteiger partial charge is 0.496 e. The van der Waals surface area contributed by atoms with E-state index in [1.54, 1.807) is 14.2 Å². The van der Waals surface area contributed by atoms with Gasteiger partial charge in [-0.25, -0.2) is 9.97 Å². The summed E-state index contributed by atoms with van der Waals surface area (Å²) in [6.07, 6.45) is 1.54. The minimum absolute atomic E-state index is 0.731. The Morgan fingerprint density at radius 3 is 2.57 bits per heavy atom. The highest BCUT2D eigenvalue weighted by Gasteiger charge is 2.11. The van der Waals surface area contributed by atoms with Crippen molar-refractivity contribution in [1.29, 1.82) is 0 Å². The summed E-state index contributed by atoms with van der Waals surface area (Å²) in [6.45, 7) is 2.00. The minimum Gasteiger partial charge on any atom is -0.496 e. The van der Waals surface area contributed by atoms with Crippen molar-refractivity contribution in [2.75, 3.05) is 19.5 Å². The maximum Gasteiger partial charge on any atom is 0.141 e. The number of hydrogen-bond acceptors (Lipinski definition) is 5. The fourth-order valence-electron chi connectivity index (χ4n) is 2.41. The molecule has 0 saturated carbocycles. The Morgan fingerprint density at radius 2 is 1.83 bits per heavy atom. The molecule has 1 aromatic heterocycles. The van der Waals surface area contributed by atoms with Crippen molar-refractivity contribution >= 4 is 38.3 Å². The number of benzene rings is 2. The van der Waals surface area contributed by atoms with Gasteiger partial charge >= 0.3 is 0 Å². The number of anilines is 2. The van der Waals surface area contributed by atoms with Crippen LogP contribution in [-0.4, -0.2) is 24.2 Å². The third-order valence-electron chi connectivity index (χ3n) is 3.67. The Hall–Kier alpha value is -2.34. The highest BCUT2D eigenvalue weighted by molar-refractivity contribution is 9.10. The van der Waals surface area contributed by atoms with Crippen LogP contribution in [0.25, 0.3) is 10.9 Å². The standard InChI is InChI=1S/C17H16BrN3O2/c1-10-13(5-4-6-15(10)22-2)21-17-11-7-12(18)16(23-3)8-14(11)19-9-20-17/h4-9H,1-3H3,(H,19,20,21). The number of nitrogens with one attached hydrogen (secondary N) is 1. The second kappa shape index (κ2) is 6.42. The molecule has 1 heterocycles. The second-order valence-corrected chi connectivity index (χ2v) is 5.84. The lowest BCUT2D eigenvalue weighted by molar-refractivity contribution is 0.412. The molecule has 0 atom stereocenters.